The molecule has 1 aromatic carbocycles. The van der Waals surface area contributed by atoms with Crippen molar-refractivity contribution in [3.05, 3.63) is 45.3 Å². The molecule has 3 aromatic rings. The Morgan fingerprint density at radius 1 is 1.42 bits per heavy atom. The fourth-order valence-corrected chi connectivity index (χ4v) is 3.61. The van der Waals surface area contributed by atoms with Gasteiger partial charge in [0.1, 0.15) is 5.58 Å². The van der Waals surface area contributed by atoms with Crippen molar-refractivity contribution in [2.24, 2.45) is 5.92 Å². The van der Waals surface area contributed by atoms with Crippen molar-refractivity contribution in [1.29, 1.82) is 0 Å². The highest BCUT2D eigenvalue weighted by molar-refractivity contribution is 9.10. The van der Waals surface area contributed by atoms with Crippen LogP contribution in [0.3, 0.4) is 0 Å². The van der Waals surface area contributed by atoms with Gasteiger partial charge in [-0.2, -0.15) is 0 Å². The highest BCUT2D eigenvalue weighted by atomic mass is 79.9. The number of hydrogen-bond acceptors (Lipinski definition) is 4. The minimum Gasteiger partial charge on any atom is -0.451 e. The molecule has 1 atom stereocenters. The number of anilines is 1. The van der Waals surface area contributed by atoms with Crippen molar-refractivity contribution in [3.63, 3.8) is 0 Å². The molecule has 5 nitrogen and oxygen atoms in total. The van der Waals surface area contributed by atoms with Crippen LogP contribution < -0.4 is 5.32 Å². The smallest absolute Gasteiger partial charge is 0.294 e. The topological polar surface area (TPSA) is 68.3 Å². The van der Waals surface area contributed by atoms with Crippen LogP contribution >= 0.6 is 15.9 Å². The average molecular weight is 389 g/mol. The Labute approximate surface area is 147 Å². The molecule has 2 heterocycles. The number of carbonyl (C=O) groups is 1. The van der Waals surface area contributed by atoms with E-state index in [0.717, 1.165) is 45.9 Å². The van der Waals surface area contributed by atoms with E-state index in [1.54, 1.807) is 0 Å². The van der Waals surface area contributed by atoms with E-state index in [1.807, 2.05) is 25.1 Å². The molecule has 0 saturated heterocycles. The number of nitrogens with zero attached hydrogens (tertiary/aromatic N) is 1. The van der Waals surface area contributed by atoms with Gasteiger partial charge in [0, 0.05) is 21.0 Å². The van der Waals surface area contributed by atoms with Crippen LogP contribution in [0.4, 0.5) is 5.88 Å². The number of rotatable bonds is 2. The molecule has 1 amide bonds. The molecular weight excluding hydrogens is 372 g/mol. The van der Waals surface area contributed by atoms with Gasteiger partial charge in [0.05, 0.1) is 5.69 Å². The molecule has 1 N–H and O–H groups in total. The van der Waals surface area contributed by atoms with Crippen molar-refractivity contribution in [3.8, 4) is 0 Å². The Kier molecular flexibility index (Phi) is 3.72. The van der Waals surface area contributed by atoms with Crippen LogP contribution in [0.1, 0.15) is 40.7 Å². The third kappa shape index (κ3) is 2.55. The van der Waals surface area contributed by atoms with E-state index in [1.165, 1.54) is 0 Å². The monoisotopic (exact) mass is 388 g/mol. The maximum Gasteiger partial charge on any atom is 0.294 e. The number of hydrogen-bond donors (Lipinski definition) is 1. The standard InChI is InChI=1S/C18H17BrN2O3/c1-9-3-5-14-13(7-9)18(24-21-14)20-17(22)16-10(2)12-8-11(19)4-6-15(12)23-16/h4,6,8-9H,3,5,7H2,1-2H3,(H,20,22)/t9-/m0/s1. The molecule has 4 rings (SSSR count). The summed E-state index contributed by atoms with van der Waals surface area (Å²) in [5.74, 6) is 1.01. The summed E-state index contributed by atoms with van der Waals surface area (Å²) in [4.78, 5) is 12.7. The van der Waals surface area contributed by atoms with Gasteiger partial charge in [-0.15, -0.1) is 0 Å². The third-order valence-corrected chi connectivity index (χ3v) is 5.12. The fourth-order valence-electron chi connectivity index (χ4n) is 3.25. The summed E-state index contributed by atoms with van der Waals surface area (Å²) in [5, 5.41) is 7.84. The summed E-state index contributed by atoms with van der Waals surface area (Å²) in [5.41, 5.74) is 3.46. The van der Waals surface area contributed by atoms with Crippen molar-refractivity contribution < 1.29 is 13.7 Å². The zero-order valence-electron chi connectivity index (χ0n) is 13.5. The second kappa shape index (κ2) is 5.77. The molecule has 0 saturated carbocycles. The Morgan fingerprint density at radius 3 is 3.08 bits per heavy atom. The van der Waals surface area contributed by atoms with E-state index in [2.05, 4.69) is 33.3 Å². The van der Waals surface area contributed by atoms with Crippen molar-refractivity contribution in [2.75, 3.05) is 5.32 Å². The first-order valence-corrected chi connectivity index (χ1v) is 8.79. The van der Waals surface area contributed by atoms with E-state index in [4.69, 9.17) is 8.94 Å². The Hall–Kier alpha value is -2.08. The van der Waals surface area contributed by atoms with Gasteiger partial charge in [0.25, 0.3) is 5.91 Å². The maximum absolute atomic E-state index is 12.7. The van der Waals surface area contributed by atoms with Gasteiger partial charge < -0.3 is 8.94 Å². The Bertz CT molecular complexity index is 941. The Balaban J connectivity index is 1.66. The molecule has 0 radical (unpaired) electrons. The molecule has 0 spiro atoms. The molecule has 0 bridgehead atoms. The van der Waals surface area contributed by atoms with E-state index >= 15 is 0 Å². The van der Waals surface area contributed by atoms with Crippen LogP contribution in [0, 0.1) is 12.8 Å². The van der Waals surface area contributed by atoms with Gasteiger partial charge in [0.15, 0.2) is 5.76 Å². The van der Waals surface area contributed by atoms with Gasteiger partial charge in [0.2, 0.25) is 5.88 Å². The number of nitrogens with one attached hydrogen (secondary N) is 1. The molecule has 1 aliphatic rings. The number of fused-ring (bicyclic) bond motifs is 2. The first-order valence-electron chi connectivity index (χ1n) is 8.00. The van der Waals surface area contributed by atoms with Gasteiger partial charge >= 0.3 is 0 Å². The lowest BCUT2D eigenvalue weighted by atomic mass is 9.89. The first-order chi connectivity index (χ1) is 11.5. The molecule has 124 valence electrons. The van der Waals surface area contributed by atoms with E-state index in [9.17, 15) is 4.79 Å². The van der Waals surface area contributed by atoms with Crippen LogP contribution in [0.5, 0.6) is 0 Å². The molecule has 1 aliphatic carbocycles. The zero-order valence-corrected chi connectivity index (χ0v) is 15.1. The van der Waals surface area contributed by atoms with Crippen LogP contribution in [0.25, 0.3) is 11.0 Å². The lowest BCUT2D eigenvalue weighted by Crippen LogP contribution is -2.16. The SMILES string of the molecule is Cc1c(C(=O)Nc2onc3c2C[C@@H](C)CC3)oc2ccc(Br)cc12. The molecule has 24 heavy (non-hydrogen) atoms. The number of aromatic nitrogens is 1. The van der Waals surface area contributed by atoms with E-state index < -0.39 is 0 Å². The minimum absolute atomic E-state index is 0.303. The highest BCUT2D eigenvalue weighted by Crippen LogP contribution is 2.32. The second-order valence-electron chi connectivity index (χ2n) is 6.44. The molecule has 0 unspecified atom stereocenters. The molecule has 6 heteroatoms. The Morgan fingerprint density at radius 2 is 2.25 bits per heavy atom. The highest BCUT2D eigenvalue weighted by Gasteiger charge is 2.26. The van der Waals surface area contributed by atoms with Gasteiger partial charge in [-0.05, 0) is 50.3 Å². The summed E-state index contributed by atoms with van der Waals surface area (Å²) in [6.45, 7) is 4.08. The summed E-state index contributed by atoms with van der Waals surface area (Å²) in [6.07, 6.45) is 2.87. The van der Waals surface area contributed by atoms with Crippen LogP contribution in [0.15, 0.2) is 31.6 Å². The number of halogens is 1. The lowest BCUT2D eigenvalue weighted by Gasteiger charge is -2.16. The number of carbonyl (C=O) groups excluding carboxylic acids is 1. The number of aryl methyl sites for hydroxylation is 2. The lowest BCUT2D eigenvalue weighted by molar-refractivity contribution is 0.0994. The largest absolute Gasteiger partial charge is 0.451 e. The van der Waals surface area contributed by atoms with Crippen molar-refractivity contribution >= 4 is 38.7 Å². The fraction of sp³-hybridized carbons (Fsp3) is 0.333. The zero-order chi connectivity index (χ0) is 16.8. The van der Waals surface area contributed by atoms with E-state index in [0.29, 0.717) is 23.1 Å². The molecule has 0 fully saturated rings. The normalized spacial score (nSPS) is 17.0. The average Bonchev–Trinajstić information content (AvgIpc) is 3.09. The maximum atomic E-state index is 12.7. The van der Waals surface area contributed by atoms with Crippen LogP contribution in [-0.2, 0) is 12.8 Å². The van der Waals surface area contributed by atoms with Crippen molar-refractivity contribution in [1.82, 2.24) is 5.16 Å². The third-order valence-electron chi connectivity index (χ3n) is 4.63. The quantitative estimate of drug-likeness (QED) is 0.679. The molecule has 0 aliphatic heterocycles. The summed E-state index contributed by atoms with van der Waals surface area (Å²) in [6, 6.07) is 5.69. The van der Waals surface area contributed by atoms with Gasteiger partial charge in [-0.25, -0.2) is 0 Å². The summed E-state index contributed by atoms with van der Waals surface area (Å²) >= 11 is 3.44. The molecule has 2 aromatic heterocycles. The predicted molar refractivity (Wildman–Crippen MR) is 94.3 cm³/mol. The van der Waals surface area contributed by atoms with Crippen LogP contribution in [0.2, 0.25) is 0 Å². The predicted octanol–water partition coefficient (Wildman–Crippen LogP) is 4.87. The summed E-state index contributed by atoms with van der Waals surface area (Å²) < 4.78 is 12.0. The van der Waals surface area contributed by atoms with Crippen LogP contribution in [-0.4, -0.2) is 11.1 Å². The molecular formula is C18H17BrN2O3. The van der Waals surface area contributed by atoms with Gasteiger partial charge in [-0.3, -0.25) is 10.1 Å². The first kappa shape index (κ1) is 15.4. The number of benzene rings is 1. The van der Waals surface area contributed by atoms with Gasteiger partial charge in [-0.1, -0.05) is 28.0 Å². The summed E-state index contributed by atoms with van der Waals surface area (Å²) in [7, 11) is 0. The number of furan rings is 1. The van der Waals surface area contributed by atoms with E-state index in [-0.39, 0.29) is 5.91 Å². The van der Waals surface area contributed by atoms with Crippen molar-refractivity contribution in [2.45, 2.75) is 33.1 Å². The minimum atomic E-state index is -0.308. The second-order valence-corrected chi connectivity index (χ2v) is 7.35. The number of amides is 1.